The van der Waals surface area contributed by atoms with Crippen LogP contribution in [-0.2, 0) is 9.59 Å². The van der Waals surface area contributed by atoms with Gasteiger partial charge >= 0.3 is 5.97 Å². The first-order chi connectivity index (χ1) is 9.47. The Labute approximate surface area is 117 Å². The molecule has 0 saturated carbocycles. The second kappa shape index (κ2) is 7.18. The van der Waals surface area contributed by atoms with Gasteiger partial charge in [0.1, 0.15) is 11.5 Å². The summed E-state index contributed by atoms with van der Waals surface area (Å²) in [7, 11) is 3.08. The lowest BCUT2D eigenvalue weighted by Crippen LogP contribution is -2.25. The van der Waals surface area contributed by atoms with Gasteiger partial charge in [-0.05, 0) is 19.1 Å². The number of hydrogen-bond donors (Lipinski definition) is 2. The maximum Gasteiger partial charge on any atom is 0.328 e. The van der Waals surface area contributed by atoms with Crippen molar-refractivity contribution in [2.45, 2.75) is 13.0 Å². The molecule has 0 aromatic heterocycles. The van der Waals surface area contributed by atoms with E-state index >= 15 is 0 Å². The number of aliphatic carboxylic acids is 1. The highest BCUT2D eigenvalue weighted by Crippen LogP contribution is 2.29. The average Bonchev–Trinajstić information content (AvgIpc) is 2.44. The van der Waals surface area contributed by atoms with E-state index in [1.54, 1.807) is 32.2 Å². The maximum atomic E-state index is 11.5. The topological polar surface area (TPSA) is 84.9 Å². The number of hydrogen-bond acceptors (Lipinski definition) is 4. The highest BCUT2D eigenvalue weighted by Gasteiger charge is 2.13. The zero-order valence-electron chi connectivity index (χ0n) is 11.5. The summed E-state index contributed by atoms with van der Waals surface area (Å²) < 4.78 is 10.3. The van der Waals surface area contributed by atoms with E-state index in [0.29, 0.717) is 11.5 Å². The SMILES string of the molecule is COc1ccc(C(C)NC(=O)/C=C/C(=O)O)c(OC)c1. The van der Waals surface area contributed by atoms with Gasteiger partial charge in [-0.2, -0.15) is 0 Å². The van der Waals surface area contributed by atoms with Crippen LogP contribution < -0.4 is 14.8 Å². The quantitative estimate of drug-likeness (QED) is 0.771. The normalized spacial score (nSPS) is 11.9. The van der Waals surface area contributed by atoms with Crippen molar-refractivity contribution in [2.24, 2.45) is 0 Å². The van der Waals surface area contributed by atoms with Gasteiger partial charge in [0.25, 0.3) is 0 Å². The van der Waals surface area contributed by atoms with E-state index < -0.39 is 11.9 Å². The molecular weight excluding hydrogens is 262 g/mol. The van der Waals surface area contributed by atoms with Gasteiger partial charge < -0.3 is 19.9 Å². The third kappa shape index (κ3) is 4.31. The number of ether oxygens (including phenoxy) is 2. The second-order valence-corrected chi connectivity index (χ2v) is 4.01. The van der Waals surface area contributed by atoms with Crippen LogP contribution in [0.15, 0.2) is 30.4 Å². The van der Waals surface area contributed by atoms with E-state index in [1.165, 1.54) is 7.11 Å². The molecule has 0 bridgehead atoms. The molecule has 0 spiro atoms. The number of carbonyl (C=O) groups is 2. The number of methoxy groups -OCH3 is 2. The molecule has 1 amide bonds. The van der Waals surface area contributed by atoms with Crippen LogP contribution in [0.2, 0.25) is 0 Å². The fraction of sp³-hybridized carbons (Fsp3) is 0.286. The minimum absolute atomic E-state index is 0.332. The Hall–Kier alpha value is -2.50. The smallest absolute Gasteiger partial charge is 0.328 e. The second-order valence-electron chi connectivity index (χ2n) is 4.01. The molecule has 108 valence electrons. The molecule has 6 nitrogen and oxygen atoms in total. The van der Waals surface area contributed by atoms with Gasteiger partial charge in [0.15, 0.2) is 0 Å². The highest BCUT2D eigenvalue weighted by atomic mass is 16.5. The Kier molecular flexibility index (Phi) is 5.58. The molecular formula is C14H17NO5. The predicted octanol–water partition coefficient (Wildman–Crippen LogP) is 1.52. The number of carboxylic acids is 1. The van der Waals surface area contributed by atoms with Gasteiger partial charge in [-0.15, -0.1) is 0 Å². The van der Waals surface area contributed by atoms with Crippen molar-refractivity contribution in [2.75, 3.05) is 14.2 Å². The number of rotatable bonds is 6. The van der Waals surface area contributed by atoms with E-state index in [2.05, 4.69) is 5.32 Å². The summed E-state index contributed by atoms with van der Waals surface area (Å²) in [6.45, 7) is 1.77. The van der Waals surface area contributed by atoms with Crippen molar-refractivity contribution >= 4 is 11.9 Å². The first kappa shape index (κ1) is 15.6. The van der Waals surface area contributed by atoms with Crippen molar-refractivity contribution in [1.29, 1.82) is 0 Å². The van der Waals surface area contributed by atoms with Gasteiger partial charge in [0.2, 0.25) is 5.91 Å². The van der Waals surface area contributed by atoms with Crippen molar-refractivity contribution in [3.8, 4) is 11.5 Å². The van der Waals surface area contributed by atoms with Crippen LogP contribution in [0.3, 0.4) is 0 Å². The zero-order valence-corrected chi connectivity index (χ0v) is 11.5. The summed E-state index contributed by atoms with van der Waals surface area (Å²) in [4.78, 5) is 21.9. The lowest BCUT2D eigenvalue weighted by molar-refractivity contribution is -0.131. The molecule has 0 aliphatic heterocycles. The number of nitrogens with one attached hydrogen (secondary N) is 1. The first-order valence-electron chi connectivity index (χ1n) is 5.91. The molecule has 1 aromatic carbocycles. The molecule has 1 unspecified atom stereocenters. The minimum atomic E-state index is -1.17. The van der Waals surface area contributed by atoms with Crippen LogP contribution >= 0.6 is 0 Å². The number of benzene rings is 1. The fourth-order valence-corrected chi connectivity index (χ4v) is 1.66. The molecule has 0 aliphatic carbocycles. The molecule has 6 heteroatoms. The molecule has 2 N–H and O–H groups in total. The minimum Gasteiger partial charge on any atom is -0.497 e. The Balaban J connectivity index is 2.84. The van der Waals surface area contributed by atoms with E-state index in [1.807, 2.05) is 0 Å². The van der Waals surface area contributed by atoms with Crippen molar-refractivity contribution in [3.05, 3.63) is 35.9 Å². The highest BCUT2D eigenvalue weighted by molar-refractivity contribution is 5.94. The molecule has 1 atom stereocenters. The third-order valence-electron chi connectivity index (χ3n) is 2.64. The van der Waals surface area contributed by atoms with E-state index in [-0.39, 0.29) is 6.04 Å². The van der Waals surface area contributed by atoms with Crippen LogP contribution in [0, 0.1) is 0 Å². The van der Waals surface area contributed by atoms with Gasteiger partial charge in [-0.3, -0.25) is 4.79 Å². The molecule has 0 radical (unpaired) electrons. The Morgan fingerprint density at radius 1 is 1.25 bits per heavy atom. The summed E-state index contributed by atoms with van der Waals surface area (Å²) in [5, 5.41) is 11.1. The van der Waals surface area contributed by atoms with Crippen LogP contribution in [0.5, 0.6) is 11.5 Å². The largest absolute Gasteiger partial charge is 0.497 e. The van der Waals surface area contributed by atoms with E-state index in [4.69, 9.17) is 14.6 Å². The summed E-state index contributed by atoms with van der Waals surface area (Å²) in [5.41, 5.74) is 0.769. The number of amides is 1. The van der Waals surface area contributed by atoms with Crippen LogP contribution in [-0.4, -0.2) is 31.2 Å². The van der Waals surface area contributed by atoms with Crippen molar-refractivity contribution in [1.82, 2.24) is 5.32 Å². The molecule has 0 fully saturated rings. The van der Waals surface area contributed by atoms with Gasteiger partial charge in [0.05, 0.1) is 20.3 Å². The van der Waals surface area contributed by atoms with Crippen LogP contribution in [0.1, 0.15) is 18.5 Å². The summed E-state index contributed by atoms with van der Waals surface area (Å²) in [6.07, 6.45) is 1.75. The summed E-state index contributed by atoms with van der Waals surface area (Å²) in [5.74, 6) is -0.429. The summed E-state index contributed by atoms with van der Waals surface area (Å²) >= 11 is 0. The molecule has 0 aliphatic rings. The van der Waals surface area contributed by atoms with E-state index in [0.717, 1.165) is 17.7 Å². The zero-order chi connectivity index (χ0) is 15.1. The van der Waals surface area contributed by atoms with Gasteiger partial charge in [-0.25, -0.2) is 4.79 Å². The van der Waals surface area contributed by atoms with Gasteiger partial charge in [-0.1, -0.05) is 0 Å². The van der Waals surface area contributed by atoms with Crippen molar-refractivity contribution < 1.29 is 24.2 Å². The first-order valence-corrected chi connectivity index (χ1v) is 5.91. The average molecular weight is 279 g/mol. The Bertz CT molecular complexity index is 524. The van der Waals surface area contributed by atoms with Crippen molar-refractivity contribution in [3.63, 3.8) is 0 Å². The molecule has 0 saturated heterocycles. The lowest BCUT2D eigenvalue weighted by atomic mass is 10.1. The Morgan fingerprint density at radius 3 is 2.50 bits per heavy atom. The molecule has 0 heterocycles. The lowest BCUT2D eigenvalue weighted by Gasteiger charge is -2.17. The monoisotopic (exact) mass is 279 g/mol. The third-order valence-corrected chi connectivity index (χ3v) is 2.64. The molecule has 20 heavy (non-hydrogen) atoms. The Morgan fingerprint density at radius 2 is 1.95 bits per heavy atom. The van der Waals surface area contributed by atoms with Crippen LogP contribution in [0.25, 0.3) is 0 Å². The standard InChI is InChI=1S/C14H17NO5/c1-9(15-13(16)6-7-14(17)18)11-5-4-10(19-2)8-12(11)20-3/h4-9H,1-3H3,(H,15,16)(H,17,18)/b7-6+. The predicted molar refractivity (Wildman–Crippen MR) is 72.9 cm³/mol. The molecule has 1 rings (SSSR count). The number of carbonyl (C=O) groups excluding carboxylic acids is 1. The van der Waals surface area contributed by atoms with Crippen LogP contribution in [0.4, 0.5) is 0 Å². The molecule has 1 aromatic rings. The number of carboxylic acid groups (broad SMARTS) is 1. The maximum absolute atomic E-state index is 11.5. The fourth-order valence-electron chi connectivity index (χ4n) is 1.66. The van der Waals surface area contributed by atoms with E-state index in [9.17, 15) is 9.59 Å². The summed E-state index contributed by atoms with van der Waals surface area (Å²) in [6, 6.07) is 4.92. The van der Waals surface area contributed by atoms with Gasteiger partial charge in [0, 0.05) is 23.8 Å².